The second-order valence-corrected chi connectivity index (χ2v) is 6.28. The average Bonchev–Trinajstić information content (AvgIpc) is 3.07. The van der Waals surface area contributed by atoms with E-state index in [-0.39, 0.29) is 11.7 Å². The van der Waals surface area contributed by atoms with Crippen molar-refractivity contribution in [3.05, 3.63) is 57.6 Å². The van der Waals surface area contributed by atoms with Gasteiger partial charge in [0.1, 0.15) is 33.6 Å². The van der Waals surface area contributed by atoms with Gasteiger partial charge in [0.15, 0.2) is 5.75 Å². The normalized spacial score (nSPS) is 18.6. The Bertz CT molecular complexity index is 728. The Labute approximate surface area is 146 Å². The molecule has 1 aliphatic heterocycles. The van der Waals surface area contributed by atoms with Crippen LogP contribution in [0.3, 0.4) is 0 Å². The van der Waals surface area contributed by atoms with Crippen molar-refractivity contribution in [1.29, 1.82) is 0 Å². The van der Waals surface area contributed by atoms with Gasteiger partial charge < -0.3 is 10.1 Å². The summed E-state index contributed by atoms with van der Waals surface area (Å²) in [5, 5.41) is 2.34. The third-order valence-corrected chi connectivity index (χ3v) is 4.60. The Hall–Kier alpha value is -1.50. The molecule has 0 spiro atoms. The Balaban J connectivity index is 2.02. The second-order valence-electron chi connectivity index (χ2n) is 5.53. The molecule has 1 saturated heterocycles. The Morgan fingerprint density at radius 1 is 1.12 bits per heavy atom. The monoisotopic (exact) mass is 376 g/mol. The maximum absolute atomic E-state index is 13.7. The molecule has 0 amide bonds. The number of nitrogens with zero attached hydrogens (tertiary/aromatic N) is 1. The Morgan fingerprint density at radius 2 is 1.83 bits per heavy atom. The summed E-state index contributed by atoms with van der Waals surface area (Å²) < 4.78 is 46.7. The number of rotatable bonds is 4. The molecule has 1 aromatic heterocycles. The minimum absolute atomic E-state index is 0.0490. The number of nitrogens with one attached hydrogen (secondary N) is 1. The summed E-state index contributed by atoms with van der Waals surface area (Å²) in [6, 6.07) is 1.86. The topological polar surface area (TPSA) is 34.1 Å². The fraction of sp³-hybridized carbons (Fsp3) is 0.312. The molecule has 0 unspecified atom stereocenters. The van der Waals surface area contributed by atoms with Gasteiger partial charge >= 0.3 is 0 Å². The molecular weight excluding hydrogens is 364 g/mol. The first-order valence-electron chi connectivity index (χ1n) is 7.28. The lowest BCUT2D eigenvalue weighted by Crippen LogP contribution is -2.22. The van der Waals surface area contributed by atoms with Crippen molar-refractivity contribution in [2.75, 3.05) is 13.1 Å². The first-order valence-corrected chi connectivity index (χ1v) is 8.03. The van der Waals surface area contributed by atoms with Crippen LogP contribution in [0.15, 0.2) is 24.5 Å². The second kappa shape index (κ2) is 7.17. The lowest BCUT2D eigenvalue weighted by Gasteiger charge is -2.25. The summed E-state index contributed by atoms with van der Waals surface area (Å²) >= 11 is 11.8. The zero-order valence-electron chi connectivity index (χ0n) is 12.3. The summed E-state index contributed by atoms with van der Waals surface area (Å²) in [5.41, 5.74) is 0.445. The summed E-state index contributed by atoms with van der Waals surface area (Å²) in [6.07, 6.45) is 2.56. The quantitative estimate of drug-likeness (QED) is 0.795. The van der Waals surface area contributed by atoms with Crippen LogP contribution in [0.5, 0.6) is 5.75 Å². The molecule has 1 N–H and O–H groups in total. The molecule has 0 radical (unpaired) electrons. The first kappa shape index (κ1) is 17.3. The van der Waals surface area contributed by atoms with Gasteiger partial charge in [-0.05, 0) is 19.0 Å². The van der Waals surface area contributed by atoms with Crippen LogP contribution in [0.25, 0.3) is 0 Å². The van der Waals surface area contributed by atoms with Crippen LogP contribution >= 0.6 is 23.2 Å². The highest BCUT2D eigenvalue weighted by molar-refractivity contribution is 6.37. The number of ether oxygens (including phenoxy) is 1. The summed E-state index contributed by atoms with van der Waals surface area (Å²) in [6.45, 7) is 1.36. The van der Waals surface area contributed by atoms with E-state index < -0.39 is 33.6 Å². The smallest absolute Gasteiger partial charge is 0.163 e. The molecule has 0 saturated carbocycles. The summed E-state index contributed by atoms with van der Waals surface area (Å²) in [5.74, 6) is -2.83. The van der Waals surface area contributed by atoms with Crippen LogP contribution in [0.4, 0.5) is 13.2 Å². The van der Waals surface area contributed by atoms with Gasteiger partial charge in [0.25, 0.3) is 0 Å². The first-order chi connectivity index (χ1) is 11.5. The van der Waals surface area contributed by atoms with E-state index in [1.54, 1.807) is 0 Å². The van der Waals surface area contributed by atoms with Gasteiger partial charge in [-0.3, -0.25) is 4.98 Å². The predicted molar refractivity (Wildman–Crippen MR) is 84.9 cm³/mol. The maximum atomic E-state index is 13.7. The molecule has 8 heteroatoms. The van der Waals surface area contributed by atoms with Crippen LogP contribution in [0.2, 0.25) is 10.0 Å². The van der Waals surface area contributed by atoms with Crippen LogP contribution in [0, 0.1) is 23.4 Å². The van der Waals surface area contributed by atoms with E-state index >= 15 is 0 Å². The van der Waals surface area contributed by atoms with Crippen LogP contribution in [-0.2, 0) is 0 Å². The standard InChI is InChI=1S/C16H13Cl2F3N2O/c17-13-11(20)4-12(21)14(18)16(13)24-15(8-1-2-22-5-8)9-3-10(19)7-23-6-9/h3-4,6-8,15,22H,1-2,5H2/t8-,15+/m0/s1. The van der Waals surface area contributed by atoms with Crippen LogP contribution in [-0.4, -0.2) is 18.1 Å². The molecule has 2 aromatic rings. The zero-order chi connectivity index (χ0) is 17.3. The number of hydrogen-bond donors (Lipinski definition) is 1. The van der Waals surface area contributed by atoms with Crippen molar-refractivity contribution < 1.29 is 17.9 Å². The van der Waals surface area contributed by atoms with E-state index in [0.29, 0.717) is 18.2 Å². The number of pyridine rings is 1. The van der Waals surface area contributed by atoms with E-state index in [1.165, 1.54) is 12.3 Å². The van der Waals surface area contributed by atoms with Crippen LogP contribution < -0.4 is 10.1 Å². The number of halogens is 5. The molecule has 0 aliphatic carbocycles. The molecule has 1 aliphatic rings. The third kappa shape index (κ3) is 3.45. The highest BCUT2D eigenvalue weighted by atomic mass is 35.5. The van der Waals surface area contributed by atoms with Gasteiger partial charge in [-0.1, -0.05) is 23.2 Å². The largest absolute Gasteiger partial charge is 0.482 e. The van der Waals surface area contributed by atoms with Gasteiger partial charge in [-0.2, -0.15) is 0 Å². The van der Waals surface area contributed by atoms with Crippen molar-refractivity contribution in [2.24, 2.45) is 5.92 Å². The van der Waals surface area contributed by atoms with E-state index in [2.05, 4.69) is 10.3 Å². The van der Waals surface area contributed by atoms with Crippen molar-refractivity contribution in [3.8, 4) is 5.75 Å². The maximum Gasteiger partial charge on any atom is 0.163 e. The predicted octanol–water partition coefficient (Wildman–Crippen LogP) is 4.54. The molecule has 1 aromatic carbocycles. The lowest BCUT2D eigenvalue weighted by molar-refractivity contribution is 0.143. The van der Waals surface area contributed by atoms with E-state index in [4.69, 9.17) is 27.9 Å². The molecular formula is C16H13Cl2F3N2O. The average molecular weight is 377 g/mol. The number of hydrogen-bond acceptors (Lipinski definition) is 3. The zero-order valence-corrected chi connectivity index (χ0v) is 13.8. The minimum atomic E-state index is -0.978. The molecule has 0 bridgehead atoms. The highest BCUT2D eigenvalue weighted by Crippen LogP contribution is 2.41. The summed E-state index contributed by atoms with van der Waals surface area (Å²) in [7, 11) is 0. The number of aromatic nitrogens is 1. The van der Waals surface area contributed by atoms with Crippen molar-refractivity contribution in [1.82, 2.24) is 10.3 Å². The lowest BCUT2D eigenvalue weighted by atomic mass is 9.96. The van der Waals surface area contributed by atoms with Gasteiger partial charge in [-0.15, -0.1) is 0 Å². The van der Waals surface area contributed by atoms with E-state index in [1.807, 2.05) is 0 Å². The molecule has 3 nitrogen and oxygen atoms in total. The SMILES string of the molecule is Fc1cncc([C@H](Oc2c(Cl)c(F)cc(F)c2Cl)[C@H]2CCNC2)c1. The van der Waals surface area contributed by atoms with E-state index in [0.717, 1.165) is 19.2 Å². The van der Waals surface area contributed by atoms with Crippen molar-refractivity contribution >= 4 is 23.2 Å². The van der Waals surface area contributed by atoms with Gasteiger partial charge in [-0.25, -0.2) is 13.2 Å². The Morgan fingerprint density at radius 3 is 2.42 bits per heavy atom. The number of benzene rings is 1. The van der Waals surface area contributed by atoms with Crippen molar-refractivity contribution in [3.63, 3.8) is 0 Å². The van der Waals surface area contributed by atoms with Crippen LogP contribution in [0.1, 0.15) is 18.1 Å². The fourth-order valence-corrected chi connectivity index (χ4v) is 3.17. The fourth-order valence-electron chi connectivity index (χ4n) is 2.74. The third-order valence-electron chi connectivity index (χ3n) is 3.90. The van der Waals surface area contributed by atoms with Gasteiger partial charge in [0.05, 0.1) is 6.20 Å². The molecule has 2 atom stereocenters. The molecule has 24 heavy (non-hydrogen) atoms. The molecule has 2 heterocycles. The summed E-state index contributed by atoms with van der Waals surface area (Å²) in [4.78, 5) is 3.81. The highest BCUT2D eigenvalue weighted by Gasteiger charge is 2.31. The molecule has 128 valence electrons. The van der Waals surface area contributed by atoms with Gasteiger partial charge in [0.2, 0.25) is 0 Å². The minimum Gasteiger partial charge on any atom is -0.482 e. The Kier molecular flexibility index (Phi) is 5.18. The van der Waals surface area contributed by atoms with Crippen molar-refractivity contribution in [2.45, 2.75) is 12.5 Å². The molecule has 3 rings (SSSR count). The van der Waals surface area contributed by atoms with Gasteiger partial charge in [0, 0.05) is 30.3 Å². The molecule has 1 fully saturated rings. The van der Waals surface area contributed by atoms with E-state index in [9.17, 15) is 13.2 Å².